The van der Waals surface area contributed by atoms with Crippen molar-refractivity contribution in [2.45, 2.75) is 26.4 Å². The van der Waals surface area contributed by atoms with E-state index < -0.39 is 0 Å². The highest BCUT2D eigenvalue weighted by Gasteiger charge is 2.24. The summed E-state index contributed by atoms with van der Waals surface area (Å²) in [5.74, 6) is 1.01. The summed E-state index contributed by atoms with van der Waals surface area (Å²) < 4.78 is 6.07. The number of hydrogen-bond donors (Lipinski definition) is 1. The van der Waals surface area contributed by atoms with Crippen LogP contribution in [0, 0.1) is 13.8 Å². The van der Waals surface area contributed by atoms with E-state index >= 15 is 0 Å². The number of phenols is 1. The highest BCUT2D eigenvalue weighted by Crippen LogP contribution is 2.36. The molecular formula is C18H21NO2. The standard InChI is InChI=1S/C18H21NO2/c1-12-4-5-14(13(2)8-12)9-16-11-19(3)17-7-6-15(20)10-18(17)21-16/h4-8,10,16,20H,9,11H2,1-3H3. The molecule has 0 amide bonds. The lowest BCUT2D eigenvalue weighted by Gasteiger charge is -2.34. The third-order valence-corrected chi connectivity index (χ3v) is 4.07. The highest BCUT2D eigenvalue weighted by molar-refractivity contribution is 5.62. The maximum absolute atomic E-state index is 9.63. The summed E-state index contributed by atoms with van der Waals surface area (Å²) in [5.41, 5.74) is 4.95. The first kappa shape index (κ1) is 13.8. The molecule has 0 aliphatic carbocycles. The number of ether oxygens (including phenoxy) is 1. The minimum atomic E-state index is 0.103. The molecule has 1 aliphatic rings. The number of aryl methyl sites for hydroxylation is 2. The number of anilines is 1. The number of fused-ring (bicyclic) bond motifs is 1. The van der Waals surface area contributed by atoms with Crippen molar-refractivity contribution >= 4 is 5.69 Å². The fraction of sp³-hybridized carbons (Fsp3) is 0.333. The lowest BCUT2D eigenvalue weighted by molar-refractivity contribution is 0.195. The molecule has 0 spiro atoms. The Hall–Kier alpha value is -2.16. The van der Waals surface area contributed by atoms with Gasteiger partial charge in [0.2, 0.25) is 0 Å². The predicted octanol–water partition coefficient (Wildman–Crippen LogP) is 3.45. The van der Waals surface area contributed by atoms with Crippen molar-refractivity contribution in [3.63, 3.8) is 0 Å². The summed E-state index contributed by atoms with van der Waals surface area (Å²) in [5, 5.41) is 9.63. The molecule has 2 aromatic rings. The molecule has 1 heterocycles. The van der Waals surface area contributed by atoms with Gasteiger partial charge < -0.3 is 14.7 Å². The Bertz CT molecular complexity index is 666. The van der Waals surface area contributed by atoms with Crippen molar-refractivity contribution in [2.24, 2.45) is 0 Å². The van der Waals surface area contributed by atoms with Crippen molar-refractivity contribution in [2.75, 3.05) is 18.5 Å². The Labute approximate surface area is 125 Å². The molecule has 1 N–H and O–H groups in total. The Morgan fingerprint density at radius 2 is 2.00 bits per heavy atom. The van der Waals surface area contributed by atoms with E-state index in [0.717, 1.165) is 24.4 Å². The van der Waals surface area contributed by atoms with E-state index in [0.29, 0.717) is 0 Å². The second-order valence-electron chi connectivity index (χ2n) is 5.91. The van der Waals surface area contributed by atoms with E-state index in [2.05, 4.69) is 44.0 Å². The fourth-order valence-corrected chi connectivity index (χ4v) is 2.96. The van der Waals surface area contributed by atoms with Crippen LogP contribution in [0.4, 0.5) is 5.69 Å². The normalized spacial score (nSPS) is 17.3. The van der Waals surface area contributed by atoms with Crippen molar-refractivity contribution < 1.29 is 9.84 Å². The maximum Gasteiger partial charge on any atom is 0.146 e. The molecule has 3 nitrogen and oxygen atoms in total. The van der Waals surface area contributed by atoms with Crippen LogP contribution in [-0.4, -0.2) is 24.8 Å². The first-order valence-electron chi connectivity index (χ1n) is 7.30. The van der Waals surface area contributed by atoms with Crippen LogP contribution < -0.4 is 9.64 Å². The van der Waals surface area contributed by atoms with Crippen LogP contribution in [-0.2, 0) is 6.42 Å². The SMILES string of the molecule is Cc1ccc(CC2CN(C)c3ccc(O)cc3O2)c(C)c1. The number of likely N-dealkylation sites (N-methyl/N-ethyl adjacent to an activating group) is 1. The van der Waals surface area contributed by atoms with Gasteiger partial charge in [-0.3, -0.25) is 0 Å². The third-order valence-electron chi connectivity index (χ3n) is 4.07. The first-order valence-corrected chi connectivity index (χ1v) is 7.30. The summed E-state index contributed by atoms with van der Waals surface area (Å²) in [4.78, 5) is 2.19. The molecule has 0 radical (unpaired) electrons. The molecule has 110 valence electrons. The summed E-state index contributed by atoms with van der Waals surface area (Å²) in [6, 6.07) is 11.8. The summed E-state index contributed by atoms with van der Waals surface area (Å²) in [6.45, 7) is 5.11. The summed E-state index contributed by atoms with van der Waals surface area (Å²) in [6.07, 6.45) is 0.983. The molecule has 3 rings (SSSR count). The zero-order valence-electron chi connectivity index (χ0n) is 12.8. The number of phenolic OH excluding ortho intramolecular Hbond substituents is 1. The molecule has 21 heavy (non-hydrogen) atoms. The zero-order chi connectivity index (χ0) is 15.0. The van der Waals surface area contributed by atoms with Gasteiger partial charge in [-0.2, -0.15) is 0 Å². The van der Waals surface area contributed by atoms with Gasteiger partial charge in [0.05, 0.1) is 12.2 Å². The van der Waals surface area contributed by atoms with Crippen LogP contribution in [0.15, 0.2) is 36.4 Å². The van der Waals surface area contributed by atoms with Gasteiger partial charge in [0.25, 0.3) is 0 Å². The van der Waals surface area contributed by atoms with Gasteiger partial charge in [-0.15, -0.1) is 0 Å². The molecule has 1 atom stereocenters. The second-order valence-corrected chi connectivity index (χ2v) is 5.91. The molecule has 0 fully saturated rings. The lowest BCUT2D eigenvalue weighted by Crippen LogP contribution is -2.39. The molecule has 3 heteroatoms. The topological polar surface area (TPSA) is 32.7 Å². The third kappa shape index (κ3) is 2.82. The number of rotatable bonds is 2. The Balaban J connectivity index is 1.82. The predicted molar refractivity (Wildman–Crippen MR) is 85.4 cm³/mol. The molecule has 0 saturated carbocycles. The van der Waals surface area contributed by atoms with Crippen LogP contribution in [0.5, 0.6) is 11.5 Å². The quantitative estimate of drug-likeness (QED) is 0.916. The van der Waals surface area contributed by atoms with Crippen molar-refractivity contribution in [1.82, 2.24) is 0 Å². The van der Waals surface area contributed by atoms with E-state index in [1.54, 1.807) is 12.1 Å². The van der Waals surface area contributed by atoms with Gasteiger partial charge in [-0.1, -0.05) is 23.8 Å². The van der Waals surface area contributed by atoms with Crippen LogP contribution >= 0.6 is 0 Å². The maximum atomic E-state index is 9.63. The van der Waals surface area contributed by atoms with Crippen LogP contribution in [0.1, 0.15) is 16.7 Å². The van der Waals surface area contributed by atoms with Crippen molar-refractivity contribution in [1.29, 1.82) is 0 Å². The minimum absolute atomic E-state index is 0.103. The smallest absolute Gasteiger partial charge is 0.146 e. The lowest BCUT2D eigenvalue weighted by atomic mass is 9.99. The largest absolute Gasteiger partial charge is 0.508 e. The molecular weight excluding hydrogens is 262 g/mol. The van der Waals surface area contributed by atoms with E-state index in [1.165, 1.54) is 16.7 Å². The van der Waals surface area contributed by atoms with Gasteiger partial charge >= 0.3 is 0 Å². The molecule has 0 aromatic heterocycles. The van der Waals surface area contributed by atoms with Crippen LogP contribution in [0.2, 0.25) is 0 Å². The zero-order valence-corrected chi connectivity index (χ0v) is 12.8. The van der Waals surface area contributed by atoms with E-state index in [1.807, 2.05) is 6.07 Å². The molecule has 1 aliphatic heterocycles. The van der Waals surface area contributed by atoms with Gasteiger partial charge in [-0.05, 0) is 37.1 Å². The Morgan fingerprint density at radius 3 is 2.76 bits per heavy atom. The summed E-state index contributed by atoms with van der Waals surface area (Å²) >= 11 is 0. The number of nitrogens with zero attached hydrogens (tertiary/aromatic N) is 1. The molecule has 0 saturated heterocycles. The highest BCUT2D eigenvalue weighted by atomic mass is 16.5. The average Bonchev–Trinajstić information content (AvgIpc) is 2.41. The van der Waals surface area contributed by atoms with Gasteiger partial charge in [0.15, 0.2) is 0 Å². The second kappa shape index (κ2) is 5.32. The Morgan fingerprint density at radius 1 is 1.19 bits per heavy atom. The number of aromatic hydroxyl groups is 1. The monoisotopic (exact) mass is 283 g/mol. The molecule has 1 unspecified atom stereocenters. The van der Waals surface area contributed by atoms with Crippen LogP contribution in [0.3, 0.4) is 0 Å². The molecule has 0 bridgehead atoms. The van der Waals surface area contributed by atoms with Crippen LogP contribution in [0.25, 0.3) is 0 Å². The van der Waals surface area contributed by atoms with E-state index in [4.69, 9.17) is 4.74 Å². The number of benzene rings is 2. The average molecular weight is 283 g/mol. The van der Waals surface area contributed by atoms with Crippen molar-refractivity contribution in [3.05, 3.63) is 53.1 Å². The molecule has 2 aromatic carbocycles. The number of hydrogen-bond acceptors (Lipinski definition) is 3. The van der Waals surface area contributed by atoms with Crippen molar-refractivity contribution in [3.8, 4) is 11.5 Å². The summed E-state index contributed by atoms with van der Waals surface area (Å²) in [7, 11) is 2.06. The van der Waals surface area contributed by atoms with Gasteiger partial charge in [-0.25, -0.2) is 0 Å². The Kier molecular flexibility index (Phi) is 3.50. The van der Waals surface area contributed by atoms with E-state index in [9.17, 15) is 5.11 Å². The van der Waals surface area contributed by atoms with Gasteiger partial charge in [0.1, 0.15) is 17.6 Å². The first-order chi connectivity index (χ1) is 10.0. The minimum Gasteiger partial charge on any atom is -0.508 e. The fourth-order valence-electron chi connectivity index (χ4n) is 2.96. The van der Waals surface area contributed by atoms with E-state index in [-0.39, 0.29) is 11.9 Å². The van der Waals surface area contributed by atoms with Gasteiger partial charge in [0, 0.05) is 19.5 Å².